The average molecular weight is 348 g/mol. The summed E-state index contributed by atoms with van der Waals surface area (Å²) >= 11 is 0. The molecule has 1 aliphatic rings. The molecule has 1 aromatic carbocycles. The number of nitrogens with two attached hydrogens (primary N) is 1. The number of aryl methyl sites for hydroxylation is 1. The fourth-order valence-corrected chi connectivity index (χ4v) is 3.61. The third-order valence-electron chi connectivity index (χ3n) is 4.29. The quantitative estimate of drug-likeness (QED) is 0.890. The summed E-state index contributed by atoms with van der Waals surface area (Å²) < 4.78 is 24.3. The molecule has 0 radical (unpaired) electrons. The van der Waals surface area contributed by atoms with Gasteiger partial charge in [0.25, 0.3) is 0 Å². The van der Waals surface area contributed by atoms with Crippen LogP contribution in [-0.2, 0) is 28.3 Å². The first-order chi connectivity index (χ1) is 11.3. The van der Waals surface area contributed by atoms with E-state index in [0.29, 0.717) is 0 Å². The van der Waals surface area contributed by atoms with Crippen molar-refractivity contribution in [3.63, 3.8) is 0 Å². The van der Waals surface area contributed by atoms with Crippen molar-refractivity contribution in [3.8, 4) is 0 Å². The Labute approximate surface area is 141 Å². The van der Waals surface area contributed by atoms with Crippen molar-refractivity contribution in [1.82, 2.24) is 14.7 Å². The van der Waals surface area contributed by atoms with Crippen LogP contribution in [-0.4, -0.2) is 35.6 Å². The monoisotopic (exact) mass is 348 g/mol. The summed E-state index contributed by atoms with van der Waals surface area (Å²) in [5.74, 6) is 0.0321. The Morgan fingerprint density at radius 2 is 2.04 bits per heavy atom. The van der Waals surface area contributed by atoms with Gasteiger partial charge in [-0.15, -0.1) is 0 Å². The smallest absolute Gasteiger partial charge is 0.238 e. The van der Waals surface area contributed by atoms with Crippen LogP contribution in [0.15, 0.2) is 41.6 Å². The number of aromatic nitrogens is 2. The van der Waals surface area contributed by atoms with E-state index in [1.165, 1.54) is 12.1 Å². The summed E-state index contributed by atoms with van der Waals surface area (Å²) in [7, 11) is -1.85. The molecule has 0 bridgehead atoms. The number of hydrogen-bond donors (Lipinski definition) is 1. The largest absolute Gasteiger partial charge is 0.335 e. The van der Waals surface area contributed by atoms with E-state index in [2.05, 4.69) is 5.10 Å². The Bertz CT molecular complexity index is 842. The van der Waals surface area contributed by atoms with Gasteiger partial charge in [0.15, 0.2) is 0 Å². The summed E-state index contributed by atoms with van der Waals surface area (Å²) in [6.45, 7) is 0.730. The SMILES string of the molecule is Cn1cc(C2CCCN2C(=O)Cc2ccc(S(N)(=O)=O)cc2)cn1. The molecule has 1 saturated heterocycles. The van der Waals surface area contributed by atoms with E-state index in [1.54, 1.807) is 23.0 Å². The predicted molar refractivity (Wildman–Crippen MR) is 88.4 cm³/mol. The first-order valence-corrected chi connectivity index (χ1v) is 9.29. The van der Waals surface area contributed by atoms with Crippen LogP contribution in [0.1, 0.15) is 30.0 Å². The maximum atomic E-state index is 12.6. The first kappa shape index (κ1) is 16.7. The Morgan fingerprint density at radius 1 is 1.33 bits per heavy atom. The van der Waals surface area contributed by atoms with Gasteiger partial charge in [-0.2, -0.15) is 5.10 Å². The zero-order chi connectivity index (χ0) is 17.3. The molecule has 3 rings (SSSR count). The van der Waals surface area contributed by atoms with E-state index in [9.17, 15) is 13.2 Å². The van der Waals surface area contributed by atoms with Gasteiger partial charge in [0.05, 0.1) is 23.6 Å². The second-order valence-electron chi connectivity index (χ2n) is 6.06. The lowest BCUT2D eigenvalue weighted by molar-refractivity contribution is -0.131. The molecule has 1 unspecified atom stereocenters. The lowest BCUT2D eigenvalue weighted by Crippen LogP contribution is -2.31. The molecule has 128 valence electrons. The number of amides is 1. The molecule has 0 saturated carbocycles. The van der Waals surface area contributed by atoms with Crippen LogP contribution in [0.2, 0.25) is 0 Å². The Morgan fingerprint density at radius 3 is 2.62 bits per heavy atom. The second kappa shape index (κ2) is 6.37. The molecule has 8 heteroatoms. The van der Waals surface area contributed by atoms with Gasteiger partial charge >= 0.3 is 0 Å². The maximum Gasteiger partial charge on any atom is 0.238 e. The maximum absolute atomic E-state index is 12.6. The highest BCUT2D eigenvalue weighted by atomic mass is 32.2. The second-order valence-corrected chi connectivity index (χ2v) is 7.62. The zero-order valence-electron chi connectivity index (χ0n) is 13.4. The van der Waals surface area contributed by atoms with Gasteiger partial charge in [-0.1, -0.05) is 12.1 Å². The number of primary sulfonamides is 1. The lowest BCUT2D eigenvalue weighted by Gasteiger charge is -2.24. The molecule has 1 amide bonds. The average Bonchev–Trinajstić information content (AvgIpc) is 3.15. The Balaban J connectivity index is 1.72. The Kier molecular flexibility index (Phi) is 4.42. The minimum absolute atomic E-state index is 0.0321. The topological polar surface area (TPSA) is 98.3 Å². The van der Waals surface area contributed by atoms with E-state index in [4.69, 9.17) is 5.14 Å². The number of rotatable bonds is 4. The highest BCUT2D eigenvalue weighted by Crippen LogP contribution is 2.32. The van der Waals surface area contributed by atoms with Crippen LogP contribution in [0.25, 0.3) is 0 Å². The standard InChI is InChI=1S/C16H20N4O3S/c1-19-11-13(10-18-19)15-3-2-8-20(15)16(21)9-12-4-6-14(7-5-12)24(17,22)23/h4-7,10-11,15H,2-3,8-9H2,1H3,(H2,17,22,23). The molecule has 1 aliphatic heterocycles. The molecule has 2 aromatic rings. The highest BCUT2D eigenvalue weighted by molar-refractivity contribution is 7.89. The van der Waals surface area contributed by atoms with Crippen LogP contribution in [0, 0.1) is 0 Å². The van der Waals surface area contributed by atoms with Crippen molar-refractivity contribution >= 4 is 15.9 Å². The molecule has 1 aromatic heterocycles. The van der Waals surface area contributed by atoms with Crippen molar-refractivity contribution in [1.29, 1.82) is 0 Å². The number of carbonyl (C=O) groups is 1. The molecule has 0 spiro atoms. The van der Waals surface area contributed by atoms with Gasteiger partial charge < -0.3 is 4.90 Å². The van der Waals surface area contributed by atoms with Crippen molar-refractivity contribution in [2.45, 2.75) is 30.2 Å². The summed E-state index contributed by atoms with van der Waals surface area (Å²) in [4.78, 5) is 14.6. The molecule has 24 heavy (non-hydrogen) atoms. The van der Waals surface area contributed by atoms with Gasteiger partial charge in [0.1, 0.15) is 0 Å². The fourth-order valence-electron chi connectivity index (χ4n) is 3.10. The molecular formula is C16H20N4O3S. The van der Waals surface area contributed by atoms with Gasteiger partial charge in [-0.05, 0) is 30.5 Å². The third-order valence-corrected chi connectivity index (χ3v) is 5.22. The van der Waals surface area contributed by atoms with E-state index in [0.717, 1.165) is 30.5 Å². The third kappa shape index (κ3) is 3.49. The van der Waals surface area contributed by atoms with Gasteiger partial charge in [-0.3, -0.25) is 9.48 Å². The normalized spacial score (nSPS) is 18.1. The molecular weight excluding hydrogens is 328 g/mol. The number of benzene rings is 1. The summed E-state index contributed by atoms with van der Waals surface area (Å²) in [6.07, 6.45) is 5.88. The summed E-state index contributed by atoms with van der Waals surface area (Å²) in [5.41, 5.74) is 1.82. The molecule has 1 fully saturated rings. The molecule has 7 nitrogen and oxygen atoms in total. The predicted octanol–water partition coefficient (Wildman–Crippen LogP) is 0.974. The van der Waals surface area contributed by atoms with Crippen molar-refractivity contribution in [2.75, 3.05) is 6.54 Å². The number of sulfonamides is 1. The lowest BCUT2D eigenvalue weighted by atomic mass is 10.1. The molecule has 1 atom stereocenters. The fraction of sp³-hybridized carbons (Fsp3) is 0.375. The van der Waals surface area contributed by atoms with Crippen molar-refractivity contribution in [2.24, 2.45) is 12.2 Å². The van der Waals surface area contributed by atoms with Crippen LogP contribution >= 0.6 is 0 Å². The Hall–Kier alpha value is -2.19. The van der Waals surface area contributed by atoms with Gasteiger partial charge in [0, 0.05) is 25.4 Å². The highest BCUT2D eigenvalue weighted by Gasteiger charge is 2.30. The van der Waals surface area contributed by atoms with Gasteiger partial charge in [0.2, 0.25) is 15.9 Å². The van der Waals surface area contributed by atoms with Crippen LogP contribution in [0.4, 0.5) is 0 Å². The van der Waals surface area contributed by atoms with E-state index < -0.39 is 10.0 Å². The number of likely N-dealkylation sites (tertiary alicyclic amines) is 1. The minimum Gasteiger partial charge on any atom is -0.335 e. The van der Waals surface area contributed by atoms with E-state index >= 15 is 0 Å². The van der Waals surface area contributed by atoms with Crippen LogP contribution < -0.4 is 5.14 Å². The summed E-state index contributed by atoms with van der Waals surface area (Å²) in [5, 5.41) is 9.26. The first-order valence-electron chi connectivity index (χ1n) is 7.74. The molecule has 0 aliphatic carbocycles. The van der Waals surface area contributed by atoms with E-state index in [-0.39, 0.29) is 23.3 Å². The van der Waals surface area contributed by atoms with Crippen molar-refractivity contribution in [3.05, 3.63) is 47.8 Å². The van der Waals surface area contributed by atoms with E-state index in [1.807, 2.05) is 18.1 Å². The number of hydrogen-bond acceptors (Lipinski definition) is 4. The number of carbonyl (C=O) groups excluding carboxylic acids is 1. The molecule has 2 N–H and O–H groups in total. The van der Waals surface area contributed by atoms with Crippen molar-refractivity contribution < 1.29 is 13.2 Å². The van der Waals surface area contributed by atoms with Gasteiger partial charge in [-0.25, -0.2) is 13.6 Å². The minimum atomic E-state index is -3.71. The number of nitrogens with zero attached hydrogens (tertiary/aromatic N) is 3. The summed E-state index contributed by atoms with van der Waals surface area (Å²) in [6, 6.07) is 6.19. The molecule has 2 heterocycles. The van der Waals surface area contributed by atoms with Crippen LogP contribution in [0.3, 0.4) is 0 Å². The zero-order valence-corrected chi connectivity index (χ0v) is 14.2. The van der Waals surface area contributed by atoms with Crippen LogP contribution in [0.5, 0.6) is 0 Å².